The Labute approximate surface area is 157 Å². The topological polar surface area (TPSA) is 38.8 Å². The maximum atomic E-state index is 12.6. The molecule has 2 aromatic carbocycles. The molecule has 2 aromatic rings. The predicted octanol–water partition coefficient (Wildman–Crippen LogP) is 4.74. The largest absolute Gasteiger partial charge is 0.497 e. The maximum absolute atomic E-state index is 12.6. The molecular weight excluding hydrogens is 361 g/mol. The molecule has 0 N–H and O–H groups in total. The molecule has 1 atom stereocenters. The molecule has 0 bridgehead atoms. The Morgan fingerprint density at radius 1 is 1.24 bits per heavy atom. The Bertz CT molecular complexity index is 766. The van der Waals surface area contributed by atoms with Crippen molar-refractivity contribution in [3.05, 3.63) is 58.1 Å². The van der Waals surface area contributed by atoms with Crippen LogP contribution in [0.3, 0.4) is 0 Å². The third-order valence-electron chi connectivity index (χ3n) is 4.30. The van der Waals surface area contributed by atoms with E-state index in [1.807, 2.05) is 29.2 Å². The first-order valence-corrected chi connectivity index (χ1v) is 8.85. The van der Waals surface area contributed by atoms with Crippen LogP contribution >= 0.6 is 23.2 Å². The van der Waals surface area contributed by atoms with Crippen molar-refractivity contribution in [2.24, 2.45) is 0 Å². The number of rotatable bonds is 5. The van der Waals surface area contributed by atoms with Gasteiger partial charge in [-0.05, 0) is 48.7 Å². The van der Waals surface area contributed by atoms with Crippen LogP contribution in [0.15, 0.2) is 42.5 Å². The van der Waals surface area contributed by atoms with Crippen LogP contribution < -0.4 is 9.47 Å². The first kappa shape index (κ1) is 17.9. The second kappa shape index (κ2) is 7.98. The summed E-state index contributed by atoms with van der Waals surface area (Å²) in [6.07, 6.45) is 1.90. The molecule has 4 nitrogen and oxygen atoms in total. The highest BCUT2D eigenvalue weighted by atomic mass is 35.5. The van der Waals surface area contributed by atoms with Gasteiger partial charge in [0, 0.05) is 11.6 Å². The number of nitrogens with zero attached hydrogens (tertiary/aromatic N) is 1. The van der Waals surface area contributed by atoms with Crippen LogP contribution in [0.4, 0.5) is 0 Å². The predicted molar refractivity (Wildman–Crippen MR) is 98.6 cm³/mol. The van der Waals surface area contributed by atoms with Gasteiger partial charge in [-0.2, -0.15) is 0 Å². The molecule has 6 heteroatoms. The summed E-state index contributed by atoms with van der Waals surface area (Å²) < 4.78 is 10.9. The summed E-state index contributed by atoms with van der Waals surface area (Å²) in [5, 5.41) is 0.923. The van der Waals surface area contributed by atoms with Crippen LogP contribution in [-0.4, -0.2) is 31.1 Å². The Balaban J connectivity index is 1.68. The molecule has 1 amide bonds. The molecule has 1 unspecified atom stereocenters. The fourth-order valence-corrected chi connectivity index (χ4v) is 3.54. The minimum atomic E-state index is -0.0589. The van der Waals surface area contributed by atoms with Gasteiger partial charge >= 0.3 is 0 Å². The van der Waals surface area contributed by atoms with E-state index in [1.165, 1.54) is 0 Å². The van der Waals surface area contributed by atoms with Crippen LogP contribution in [0.5, 0.6) is 11.5 Å². The van der Waals surface area contributed by atoms with Gasteiger partial charge in [0.05, 0.1) is 18.2 Å². The highest BCUT2D eigenvalue weighted by Gasteiger charge is 2.30. The molecule has 0 aliphatic carbocycles. The second-order valence-electron chi connectivity index (χ2n) is 5.89. The second-order valence-corrected chi connectivity index (χ2v) is 6.73. The van der Waals surface area contributed by atoms with Gasteiger partial charge in [0.15, 0.2) is 6.61 Å². The Hall–Kier alpha value is -1.91. The van der Waals surface area contributed by atoms with Crippen LogP contribution in [0.1, 0.15) is 24.4 Å². The lowest BCUT2D eigenvalue weighted by Crippen LogP contribution is -2.34. The van der Waals surface area contributed by atoms with E-state index >= 15 is 0 Å². The zero-order chi connectivity index (χ0) is 17.8. The summed E-state index contributed by atoms with van der Waals surface area (Å²) in [6.45, 7) is 0.667. The molecule has 0 radical (unpaired) electrons. The number of methoxy groups -OCH3 is 1. The average Bonchev–Trinajstić information content (AvgIpc) is 3.10. The highest BCUT2D eigenvalue weighted by molar-refractivity contribution is 6.35. The monoisotopic (exact) mass is 379 g/mol. The quantitative estimate of drug-likeness (QED) is 0.752. The lowest BCUT2D eigenvalue weighted by molar-refractivity contribution is -0.134. The summed E-state index contributed by atoms with van der Waals surface area (Å²) in [5.41, 5.74) is 1.08. The summed E-state index contributed by atoms with van der Waals surface area (Å²) >= 11 is 12.0. The number of ether oxygens (including phenoxy) is 2. The van der Waals surface area contributed by atoms with E-state index in [1.54, 1.807) is 25.3 Å². The van der Waals surface area contributed by atoms with E-state index in [2.05, 4.69) is 0 Å². The van der Waals surface area contributed by atoms with Gasteiger partial charge in [-0.25, -0.2) is 0 Å². The van der Waals surface area contributed by atoms with Crippen LogP contribution in [-0.2, 0) is 4.79 Å². The van der Waals surface area contributed by atoms with Crippen LogP contribution in [0.25, 0.3) is 0 Å². The van der Waals surface area contributed by atoms with Crippen molar-refractivity contribution < 1.29 is 14.3 Å². The van der Waals surface area contributed by atoms with E-state index in [0.29, 0.717) is 15.8 Å². The molecule has 25 heavy (non-hydrogen) atoms. The summed E-state index contributed by atoms with van der Waals surface area (Å²) in [5.74, 6) is 1.19. The number of carbonyl (C=O) groups excluding carboxylic acids is 1. The third-order valence-corrected chi connectivity index (χ3v) is 4.83. The molecule has 1 heterocycles. The Kier molecular flexibility index (Phi) is 5.71. The minimum Gasteiger partial charge on any atom is -0.497 e. The van der Waals surface area contributed by atoms with Gasteiger partial charge < -0.3 is 14.4 Å². The SMILES string of the molecule is COc1cccc(C2CCCN2C(=O)COc2ccc(Cl)cc2Cl)c1. The van der Waals surface area contributed by atoms with Gasteiger partial charge in [0.2, 0.25) is 0 Å². The zero-order valence-electron chi connectivity index (χ0n) is 13.9. The van der Waals surface area contributed by atoms with Crippen molar-refractivity contribution in [3.8, 4) is 11.5 Å². The average molecular weight is 380 g/mol. The molecular formula is C19H19Cl2NO3. The van der Waals surface area contributed by atoms with Crippen molar-refractivity contribution in [1.82, 2.24) is 4.90 Å². The van der Waals surface area contributed by atoms with E-state index in [0.717, 1.165) is 30.7 Å². The first-order chi connectivity index (χ1) is 12.1. The molecule has 1 aliphatic rings. The maximum Gasteiger partial charge on any atom is 0.261 e. The molecule has 132 valence electrons. The highest BCUT2D eigenvalue weighted by Crippen LogP contribution is 2.34. The van der Waals surface area contributed by atoms with Crippen molar-refractivity contribution in [2.75, 3.05) is 20.3 Å². The van der Waals surface area contributed by atoms with Gasteiger partial charge in [0.25, 0.3) is 5.91 Å². The first-order valence-electron chi connectivity index (χ1n) is 8.10. The molecule has 1 fully saturated rings. The molecule has 3 rings (SSSR count). The number of hydrogen-bond donors (Lipinski definition) is 0. The van der Waals surface area contributed by atoms with E-state index in [4.69, 9.17) is 32.7 Å². The number of benzene rings is 2. The summed E-state index contributed by atoms with van der Waals surface area (Å²) in [6, 6.07) is 12.8. The number of hydrogen-bond acceptors (Lipinski definition) is 3. The van der Waals surface area contributed by atoms with Crippen molar-refractivity contribution in [2.45, 2.75) is 18.9 Å². The molecule has 0 saturated carbocycles. The van der Waals surface area contributed by atoms with Gasteiger partial charge in [-0.3, -0.25) is 4.79 Å². The third kappa shape index (κ3) is 4.20. The molecule has 0 aromatic heterocycles. The smallest absolute Gasteiger partial charge is 0.261 e. The molecule has 1 saturated heterocycles. The van der Waals surface area contributed by atoms with E-state index in [-0.39, 0.29) is 18.6 Å². The van der Waals surface area contributed by atoms with E-state index in [9.17, 15) is 4.79 Å². The van der Waals surface area contributed by atoms with Crippen LogP contribution in [0.2, 0.25) is 10.0 Å². The molecule has 0 spiro atoms. The Morgan fingerprint density at radius 3 is 2.84 bits per heavy atom. The zero-order valence-corrected chi connectivity index (χ0v) is 15.4. The van der Waals surface area contributed by atoms with E-state index < -0.39 is 0 Å². The minimum absolute atomic E-state index is 0.0480. The van der Waals surface area contributed by atoms with Gasteiger partial charge in [0.1, 0.15) is 11.5 Å². The van der Waals surface area contributed by atoms with Crippen molar-refractivity contribution in [3.63, 3.8) is 0 Å². The summed E-state index contributed by atoms with van der Waals surface area (Å²) in [7, 11) is 1.64. The van der Waals surface area contributed by atoms with Crippen molar-refractivity contribution >= 4 is 29.1 Å². The number of halogens is 2. The Morgan fingerprint density at radius 2 is 2.08 bits per heavy atom. The fraction of sp³-hybridized carbons (Fsp3) is 0.316. The number of amides is 1. The number of likely N-dealkylation sites (tertiary alicyclic amines) is 1. The number of carbonyl (C=O) groups is 1. The fourth-order valence-electron chi connectivity index (χ4n) is 3.08. The van der Waals surface area contributed by atoms with Crippen molar-refractivity contribution in [1.29, 1.82) is 0 Å². The van der Waals surface area contributed by atoms with Gasteiger partial charge in [-0.15, -0.1) is 0 Å². The molecule has 1 aliphatic heterocycles. The lowest BCUT2D eigenvalue weighted by Gasteiger charge is -2.25. The standard InChI is InChI=1S/C19H19Cl2NO3/c1-24-15-5-2-4-13(10-15)17-6-3-9-22(17)19(23)12-25-18-8-7-14(20)11-16(18)21/h2,4-5,7-8,10-11,17H,3,6,9,12H2,1H3. The normalized spacial score (nSPS) is 16.8. The van der Waals surface area contributed by atoms with Crippen LogP contribution in [0, 0.1) is 0 Å². The lowest BCUT2D eigenvalue weighted by atomic mass is 10.0. The summed E-state index contributed by atoms with van der Waals surface area (Å²) in [4.78, 5) is 14.5. The van der Waals surface area contributed by atoms with Gasteiger partial charge in [-0.1, -0.05) is 35.3 Å².